The molecular weight excluding hydrogens is 234 g/mol. The molecular formula is C11H11N5O2. The summed E-state index contributed by atoms with van der Waals surface area (Å²) in [6.45, 7) is 0.486. The van der Waals surface area contributed by atoms with Crippen LogP contribution in [0, 0.1) is 0 Å². The van der Waals surface area contributed by atoms with Gasteiger partial charge in [0.15, 0.2) is 5.69 Å². The Balaban J connectivity index is 1.97. The van der Waals surface area contributed by atoms with Gasteiger partial charge in [0.1, 0.15) is 5.82 Å². The highest BCUT2D eigenvalue weighted by molar-refractivity contribution is 5.86. The Morgan fingerprint density at radius 1 is 1.28 bits per heavy atom. The number of nitrogens with zero attached hydrogens (tertiary/aromatic N) is 4. The fourth-order valence-electron chi connectivity index (χ4n) is 1.25. The van der Waals surface area contributed by atoms with Crippen molar-refractivity contribution in [1.82, 2.24) is 20.4 Å². The Kier molecular flexibility index (Phi) is 3.75. The summed E-state index contributed by atoms with van der Waals surface area (Å²) in [7, 11) is 1.30. The zero-order valence-electron chi connectivity index (χ0n) is 9.70. The highest BCUT2D eigenvalue weighted by Gasteiger charge is 2.07. The first kappa shape index (κ1) is 11.9. The monoisotopic (exact) mass is 245 g/mol. The van der Waals surface area contributed by atoms with Gasteiger partial charge < -0.3 is 10.1 Å². The van der Waals surface area contributed by atoms with Gasteiger partial charge in [-0.05, 0) is 24.3 Å². The molecule has 0 unspecified atom stereocenters. The van der Waals surface area contributed by atoms with Gasteiger partial charge in [-0.15, -0.1) is 10.2 Å². The molecule has 2 heterocycles. The lowest BCUT2D eigenvalue weighted by molar-refractivity contribution is 0.0593. The number of methoxy groups -OCH3 is 1. The van der Waals surface area contributed by atoms with Gasteiger partial charge in [-0.3, -0.25) is 0 Å². The summed E-state index contributed by atoms with van der Waals surface area (Å²) in [4.78, 5) is 11.1. The molecule has 1 N–H and O–H groups in total. The summed E-state index contributed by atoms with van der Waals surface area (Å²) in [6.07, 6.45) is 1.61. The van der Waals surface area contributed by atoms with E-state index in [0.717, 1.165) is 5.69 Å². The Morgan fingerprint density at radius 2 is 2.17 bits per heavy atom. The summed E-state index contributed by atoms with van der Waals surface area (Å²) in [6, 6.07) is 6.83. The summed E-state index contributed by atoms with van der Waals surface area (Å²) in [5, 5.41) is 18.3. The number of hydrogen-bond acceptors (Lipinski definition) is 7. The van der Waals surface area contributed by atoms with Gasteiger partial charge in [-0.1, -0.05) is 0 Å². The molecule has 2 aromatic rings. The van der Waals surface area contributed by atoms with Crippen LogP contribution in [-0.4, -0.2) is 33.5 Å². The lowest BCUT2D eigenvalue weighted by Gasteiger charge is -2.04. The number of anilines is 1. The van der Waals surface area contributed by atoms with E-state index in [1.165, 1.54) is 13.2 Å². The molecule has 0 atom stereocenters. The molecule has 0 amide bonds. The van der Waals surface area contributed by atoms with Crippen LogP contribution in [-0.2, 0) is 11.3 Å². The number of rotatable bonds is 4. The molecule has 0 aromatic carbocycles. The van der Waals surface area contributed by atoms with E-state index in [1.807, 2.05) is 6.07 Å². The van der Waals surface area contributed by atoms with Crippen LogP contribution in [0.25, 0.3) is 0 Å². The molecule has 0 aliphatic carbocycles. The second kappa shape index (κ2) is 5.67. The van der Waals surface area contributed by atoms with E-state index in [9.17, 15) is 4.79 Å². The van der Waals surface area contributed by atoms with Gasteiger partial charge in [0.2, 0.25) is 0 Å². The van der Waals surface area contributed by atoms with Gasteiger partial charge in [0, 0.05) is 6.20 Å². The van der Waals surface area contributed by atoms with Crippen molar-refractivity contribution in [3.05, 3.63) is 41.9 Å². The van der Waals surface area contributed by atoms with Crippen LogP contribution >= 0.6 is 0 Å². The van der Waals surface area contributed by atoms with Crippen LogP contribution in [0.2, 0.25) is 0 Å². The van der Waals surface area contributed by atoms with Crippen LogP contribution in [0.1, 0.15) is 16.2 Å². The van der Waals surface area contributed by atoms with Gasteiger partial charge in [0.25, 0.3) is 0 Å². The second-order valence-electron chi connectivity index (χ2n) is 3.36. The maximum atomic E-state index is 11.1. The molecule has 0 aliphatic rings. The highest BCUT2D eigenvalue weighted by Crippen LogP contribution is 2.04. The third-order valence-corrected chi connectivity index (χ3v) is 2.14. The zero-order valence-corrected chi connectivity index (χ0v) is 9.70. The molecule has 7 nitrogen and oxygen atoms in total. The Bertz CT molecular complexity index is 515. The summed E-state index contributed by atoms with van der Waals surface area (Å²) < 4.78 is 4.53. The lowest BCUT2D eigenvalue weighted by atomic mass is 10.3. The maximum Gasteiger partial charge on any atom is 0.358 e. The van der Waals surface area contributed by atoms with Crippen molar-refractivity contribution in [2.45, 2.75) is 6.54 Å². The van der Waals surface area contributed by atoms with Crippen LogP contribution in [0.3, 0.4) is 0 Å². The summed E-state index contributed by atoms with van der Waals surface area (Å²) in [5.74, 6) is 0.0382. The molecule has 0 saturated heterocycles. The lowest BCUT2D eigenvalue weighted by Crippen LogP contribution is -2.08. The third-order valence-electron chi connectivity index (χ3n) is 2.14. The van der Waals surface area contributed by atoms with Crippen LogP contribution < -0.4 is 5.32 Å². The van der Waals surface area contributed by atoms with Crippen molar-refractivity contribution in [3.8, 4) is 0 Å². The quantitative estimate of drug-likeness (QED) is 0.791. The van der Waals surface area contributed by atoms with Gasteiger partial charge >= 0.3 is 5.97 Å². The van der Waals surface area contributed by atoms with Crippen molar-refractivity contribution < 1.29 is 9.53 Å². The number of ether oxygens (including phenoxy) is 1. The molecule has 0 aliphatic heterocycles. The van der Waals surface area contributed by atoms with E-state index in [4.69, 9.17) is 0 Å². The van der Waals surface area contributed by atoms with Crippen molar-refractivity contribution in [2.24, 2.45) is 0 Å². The first-order valence-electron chi connectivity index (χ1n) is 5.22. The SMILES string of the molecule is COC(=O)c1ccc(NCc2cccnn2)nn1. The van der Waals surface area contributed by atoms with Crippen LogP contribution in [0.5, 0.6) is 0 Å². The minimum absolute atomic E-state index is 0.169. The van der Waals surface area contributed by atoms with E-state index in [0.29, 0.717) is 12.4 Å². The fourth-order valence-corrected chi connectivity index (χ4v) is 1.25. The first-order valence-corrected chi connectivity index (χ1v) is 5.22. The van der Waals surface area contributed by atoms with E-state index in [1.54, 1.807) is 18.3 Å². The van der Waals surface area contributed by atoms with Crippen molar-refractivity contribution in [3.63, 3.8) is 0 Å². The summed E-state index contributed by atoms with van der Waals surface area (Å²) in [5.41, 5.74) is 0.957. The number of nitrogens with one attached hydrogen (secondary N) is 1. The molecule has 0 bridgehead atoms. The molecule has 0 fully saturated rings. The number of carbonyl (C=O) groups excluding carboxylic acids is 1. The highest BCUT2D eigenvalue weighted by atomic mass is 16.5. The van der Waals surface area contributed by atoms with Crippen molar-refractivity contribution in [1.29, 1.82) is 0 Å². The van der Waals surface area contributed by atoms with E-state index in [2.05, 4.69) is 30.4 Å². The van der Waals surface area contributed by atoms with E-state index in [-0.39, 0.29) is 5.69 Å². The molecule has 0 spiro atoms. The van der Waals surface area contributed by atoms with Crippen LogP contribution in [0.4, 0.5) is 5.82 Å². The minimum atomic E-state index is -0.511. The predicted octanol–water partition coefficient (Wildman–Crippen LogP) is 0.665. The molecule has 0 saturated carbocycles. The van der Waals surface area contributed by atoms with Gasteiger partial charge in [-0.2, -0.15) is 10.2 Å². The van der Waals surface area contributed by atoms with E-state index < -0.39 is 5.97 Å². The largest absolute Gasteiger partial charge is 0.464 e. The number of aromatic nitrogens is 4. The molecule has 7 heteroatoms. The standard InChI is InChI=1S/C11H11N5O2/c1-18-11(17)9-4-5-10(16-15-9)12-7-8-3-2-6-13-14-8/h2-6H,7H2,1H3,(H,12,16). The van der Waals surface area contributed by atoms with Crippen molar-refractivity contribution in [2.75, 3.05) is 12.4 Å². The Hall–Kier alpha value is -2.57. The smallest absolute Gasteiger partial charge is 0.358 e. The number of hydrogen-bond donors (Lipinski definition) is 1. The molecule has 18 heavy (non-hydrogen) atoms. The average molecular weight is 245 g/mol. The fraction of sp³-hybridized carbons (Fsp3) is 0.182. The first-order chi connectivity index (χ1) is 8.79. The normalized spacial score (nSPS) is 9.83. The van der Waals surface area contributed by atoms with Crippen LogP contribution in [0.15, 0.2) is 30.5 Å². The molecule has 0 radical (unpaired) electrons. The topological polar surface area (TPSA) is 89.9 Å². The maximum absolute atomic E-state index is 11.1. The van der Waals surface area contributed by atoms with Gasteiger partial charge in [-0.25, -0.2) is 4.79 Å². The molecule has 92 valence electrons. The Morgan fingerprint density at radius 3 is 2.78 bits per heavy atom. The number of esters is 1. The van der Waals surface area contributed by atoms with Crippen molar-refractivity contribution >= 4 is 11.8 Å². The molecule has 2 rings (SSSR count). The zero-order chi connectivity index (χ0) is 12.8. The third kappa shape index (κ3) is 2.97. The second-order valence-corrected chi connectivity index (χ2v) is 3.36. The number of carbonyl (C=O) groups is 1. The van der Waals surface area contributed by atoms with E-state index >= 15 is 0 Å². The molecule has 2 aromatic heterocycles. The average Bonchev–Trinajstić information content (AvgIpc) is 2.46. The minimum Gasteiger partial charge on any atom is -0.464 e. The van der Waals surface area contributed by atoms with Gasteiger partial charge in [0.05, 0.1) is 19.3 Å². The summed E-state index contributed by atoms with van der Waals surface area (Å²) >= 11 is 0. The Labute approximate surface area is 103 Å². The predicted molar refractivity (Wildman–Crippen MR) is 62.7 cm³/mol.